The second-order valence-corrected chi connectivity index (χ2v) is 6.70. The van der Waals surface area contributed by atoms with Crippen molar-refractivity contribution >= 4 is 32.5 Å². The maximum absolute atomic E-state index is 10.7. The van der Waals surface area contributed by atoms with Crippen LogP contribution in [0.15, 0.2) is 40.8 Å². The van der Waals surface area contributed by atoms with Gasteiger partial charge in [0.2, 0.25) is 0 Å². The molecule has 0 amide bonds. The van der Waals surface area contributed by atoms with Gasteiger partial charge in [-0.2, -0.15) is 0 Å². The lowest BCUT2D eigenvalue weighted by Gasteiger charge is -2.34. The van der Waals surface area contributed by atoms with Crippen LogP contribution in [0.25, 0.3) is 31.6 Å². The zero-order valence-electron chi connectivity index (χ0n) is 12.0. The van der Waals surface area contributed by atoms with Crippen molar-refractivity contribution in [3.8, 4) is 0 Å². The van der Waals surface area contributed by atoms with E-state index in [2.05, 4.69) is 38.2 Å². The summed E-state index contributed by atoms with van der Waals surface area (Å²) < 4.78 is 3.50. The summed E-state index contributed by atoms with van der Waals surface area (Å²) in [7, 11) is 0. The fraction of sp³-hybridized carbons (Fsp3) is 0.375. The van der Waals surface area contributed by atoms with Crippen LogP contribution in [0, 0.1) is 0 Å². The van der Waals surface area contributed by atoms with E-state index in [9.17, 15) is 5.11 Å². The molecule has 0 aliphatic heterocycles. The number of aromatic nitrogens is 1. The molecular weight excluding hydrogens is 296 g/mol. The molecule has 2 aromatic heterocycles. The van der Waals surface area contributed by atoms with Crippen LogP contribution >= 0.6 is 11.3 Å². The Morgan fingerprint density at radius 1 is 1.23 bits per heavy atom. The Labute approximate surface area is 131 Å². The molecule has 2 heterocycles. The number of nitrogens with zero attached hydrogens (tertiary/aromatic N) is 4. The molecule has 1 aliphatic carbocycles. The molecule has 3 atom stereocenters. The highest BCUT2D eigenvalue weighted by atomic mass is 32.1. The van der Waals surface area contributed by atoms with E-state index in [1.54, 1.807) is 11.3 Å². The summed E-state index contributed by atoms with van der Waals surface area (Å²) in [4.78, 5) is 2.90. The van der Waals surface area contributed by atoms with Gasteiger partial charge in [0, 0.05) is 10.3 Å². The van der Waals surface area contributed by atoms with Crippen molar-refractivity contribution in [2.45, 2.75) is 37.5 Å². The molecule has 0 radical (unpaired) electrons. The highest BCUT2D eigenvalue weighted by Gasteiger charge is 2.34. The lowest BCUT2D eigenvalue weighted by Crippen LogP contribution is -2.37. The number of fused-ring (bicyclic) bond motifs is 3. The molecule has 0 bridgehead atoms. The second kappa shape index (κ2) is 5.32. The van der Waals surface area contributed by atoms with E-state index in [-0.39, 0.29) is 12.1 Å². The van der Waals surface area contributed by atoms with Crippen molar-refractivity contribution in [1.29, 1.82) is 0 Å². The van der Waals surface area contributed by atoms with Crippen LogP contribution in [-0.2, 0) is 0 Å². The van der Waals surface area contributed by atoms with E-state index >= 15 is 0 Å². The van der Waals surface area contributed by atoms with Crippen LogP contribution in [0.2, 0.25) is 0 Å². The van der Waals surface area contributed by atoms with Crippen molar-refractivity contribution in [3.05, 3.63) is 46.2 Å². The molecule has 1 aliphatic rings. The normalized spacial score (nSPS) is 25.4. The second-order valence-electron chi connectivity index (χ2n) is 5.78. The van der Waals surface area contributed by atoms with E-state index in [1.807, 2.05) is 12.1 Å². The molecule has 5 nitrogen and oxygen atoms in total. The first-order valence-corrected chi connectivity index (χ1v) is 8.37. The number of thiophene rings is 1. The Hall–Kier alpha value is -2.01. The molecule has 1 aromatic carbocycles. The van der Waals surface area contributed by atoms with Crippen LogP contribution in [0.4, 0.5) is 0 Å². The van der Waals surface area contributed by atoms with Crippen LogP contribution in [0.3, 0.4) is 0 Å². The summed E-state index contributed by atoms with van der Waals surface area (Å²) in [5.74, 6) is 0. The van der Waals surface area contributed by atoms with Gasteiger partial charge in [-0.15, -0.1) is 11.3 Å². The van der Waals surface area contributed by atoms with E-state index < -0.39 is 6.10 Å². The van der Waals surface area contributed by atoms with Crippen molar-refractivity contribution in [1.82, 2.24) is 4.57 Å². The Morgan fingerprint density at radius 2 is 2.09 bits per heavy atom. The molecule has 3 aromatic rings. The van der Waals surface area contributed by atoms with E-state index in [4.69, 9.17) is 5.53 Å². The Bertz CT molecular complexity index is 877. The molecule has 1 unspecified atom stereocenters. The van der Waals surface area contributed by atoms with Crippen LogP contribution in [0.5, 0.6) is 0 Å². The van der Waals surface area contributed by atoms with Gasteiger partial charge in [-0.1, -0.05) is 29.7 Å². The van der Waals surface area contributed by atoms with Crippen molar-refractivity contribution < 1.29 is 5.11 Å². The lowest BCUT2D eigenvalue weighted by molar-refractivity contribution is 0.0608. The fourth-order valence-corrected chi connectivity index (χ4v) is 4.58. The smallest absolute Gasteiger partial charge is 0.0832 e. The van der Waals surface area contributed by atoms with Gasteiger partial charge in [-0.25, -0.2) is 0 Å². The molecule has 1 fully saturated rings. The average Bonchev–Trinajstić information content (AvgIpc) is 3.11. The summed E-state index contributed by atoms with van der Waals surface area (Å²) in [5, 5.41) is 17.8. The number of azide groups is 1. The van der Waals surface area contributed by atoms with Gasteiger partial charge in [0.1, 0.15) is 0 Å². The maximum atomic E-state index is 10.7. The highest BCUT2D eigenvalue weighted by Crippen LogP contribution is 2.40. The van der Waals surface area contributed by atoms with Crippen LogP contribution < -0.4 is 0 Å². The van der Waals surface area contributed by atoms with Gasteiger partial charge in [0.05, 0.1) is 33.9 Å². The molecule has 1 N–H and O–H groups in total. The number of aliphatic hydroxyl groups is 1. The monoisotopic (exact) mass is 312 g/mol. The third kappa shape index (κ3) is 1.92. The van der Waals surface area contributed by atoms with E-state index in [0.29, 0.717) is 0 Å². The molecule has 112 valence electrons. The molecule has 4 rings (SSSR count). The molecule has 0 saturated heterocycles. The van der Waals surface area contributed by atoms with Gasteiger partial charge in [0.15, 0.2) is 0 Å². The molecular formula is C16H16N4OS. The molecule has 22 heavy (non-hydrogen) atoms. The average molecular weight is 312 g/mol. The predicted octanol–water partition coefficient (Wildman–Crippen LogP) is 4.62. The summed E-state index contributed by atoms with van der Waals surface area (Å²) in [6.45, 7) is 0. The van der Waals surface area contributed by atoms with Gasteiger partial charge in [-0.3, -0.25) is 0 Å². The minimum Gasteiger partial charge on any atom is -0.391 e. The molecule has 1 saturated carbocycles. The summed E-state index contributed by atoms with van der Waals surface area (Å²) in [6, 6.07) is 10.1. The number of para-hydroxylation sites is 1. The van der Waals surface area contributed by atoms with Gasteiger partial charge in [0.25, 0.3) is 0 Å². The van der Waals surface area contributed by atoms with Crippen molar-refractivity contribution in [3.63, 3.8) is 0 Å². The third-order valence-electron chi connectivity index (χ3n) is 4.63. The summed E-state index contributed by atoms with van der Waals surface area (Å²) >= 11 is 1.73. The number of hydrogen-bond acceptors (Lipinski definition) is 3. The summed E-state index contributed by atoms with van der Waals surface area (Å²) in [6.07, 6.45) is 1.99. The molecule has 0 spiro atoms. The Kier molecular flexibility index (Phi) is 3.30. The summed E-state index contributed by atoms with van der Waals surface area (Å²) in [5.41, 5.74) is 11.0. The Balaban J connectivity index is 1.91. The maximum Gasteiger partial charge on any atom is 0.0832 e. The number of rotatable bonds is 2. The van der Waals surface area contributed by atoms with Crippen molar-refractivity contribution in [2.75, 3.05) is 0 Å². The Morgan fingerprint density at radius 3 is 2.95 bits per heavy atom. The largest absolute Gasteiger partial charge is 0.391 e. The van der Waals surface area contributed by atoms with Gasteiger partial charge < -0.3 is 9.67 Å². The molecule has 6 heteroatoms. The standard InChI is InChI=1S/C16H16N4OS/c17-19-18-11-5-3-7-13(15(11)21)20-12-6-2-1-4-10(12)16-14(20)8-9-22-16/h1-2,4,6,8-9,11,13,15,21H,3,5,7H2/t11?,13-,15-/m0/s1. The third-order valence-corrected chi connectivity index (χ3v) is 5.57. The SMILES string of the molecule is [N-]=[N+]=NC1CCC[C@H](n2c3ccccc3c3sccc32)[C@H]1O. The first-order chi connectivity index (χ1) is 10.8. The van der Waals surface area contributed by atoms with Gasteiger partial charge in [-0.05, 0) is 35.9 Å². The predicted molar refractivity (Wildman–Crippen MR) is 89.1 cm³/mol. The first-order valence-electron chi connectivity index (χ1n) is 7.49. The zero-order valence-corrected chi connectivity index (χ0v) is 12.8. The number of aliphatic hydroxyl groups excluding tert-OH is 1. The van der Waals surface area contributed by atoms with Crippen molar-refractivity contribution in [2.24, 2.45) is 5.11 Å². The number of hydrogen-bond donors (Lipinski definition) is 1. The lowest BCUT2D eigenvalue weighted by atomic mass is 9.88. The van der Waals surface area contributed by atoms with Crippen LogP contribution in [0.1, 0.15) is 25.3 Å². The quantitative estimate of drug-likeness (QED) is 0.418. The van der Waals surface area contributed by atoms with Gasteiger partial charge >= 0.3 is 0 Å². The minimum absolute atomic E-state index is 0.0405. The van der Waals surface area contributed by atoms with Crippen LogP contribution in [-0.4, -0.2) is 21.8 Å². The van der Waals surface area contributed by atoms with E-state index in [0.717, 1.165) is 30.3 Å². The minimum atomic E-state index is -0.636. The highest BCUT2D eigenvalue weighted by molar-refractivity contribution is 7.18. The zero-order chi connectivity index (χ0) is 15.1. The number of benzene rings is 1. The topological polar surface area (TPSA) is 73.9 Å². The first kappa shape index (κ1) is 13.6. The fourth-order valence-electron chi connectivity index (χ4n) is 3.66. The van der Waals surface area contributed by atoms with E-state index in [1.165, 1.54) is 10.1 Å².